The Morgan fingerprint density at radius 1 is 0.942 bits per heavy atom. The van der Waals surface area contributed by atoms with E-state index in [2.05, 4.69) is 39.7 Å². The van der Waals surface area contributed by atoms with Gasteiger partial charge in [0.2, 0.25) is 11.8 Å². The summed E-state index contributed by atoms with van der Waals surface area (Å²) in [5.41, 5.74) is 9.10. The molecule has 360 valence electrons. The normalized spacial score (nSPS) is 17.5. The van der Waals surface area contributed by atoms with Crippen molar-refractivity contribution < 1.29 is 33.8 Å². The number of methoxy groups -OCH3 is 1. The van der Waals surface area contributed by atoms with E-state index in [1.165, 1.54) is 12.0 Å². The lowest BCUT2D eigenvalue weighted by atomic mass is 9.85. The SMILES string of the molecule is COC(=O)C[C@@H]1N=C(c2ccc(-c3ccc(OCC(=O)N[C@H](C(=O)N4C[C@H](O)C[C@H]4C(=O)N[C@@H](C)c4ccc(-c5scnc5C)cc4)C(C)(C)C)cc3Cl)cc2)c2c(sc(C)c2C)-n2c(C)nnc21. The van der Waals surface area contributed by atoms with Crippen molar-refractivity contribution in [3.63, 3.8) is 0 Å². The van der Waals surface area contributed by atoms with Gasteiger partial charge in [0.25, 0.3) is 5.91 Å². The first-order valence-corrected chi connectivity index (χ1v) is 24.7. The topological polar surface area (TPSA) is 190 Å². The van der Waals surface area contributed by atoms with Crippen molar-refractivity contribution in [3.8, 4) is 32.3 Å². The van der Waals surface area contributed by atoms with E-state index in [-0.39, 0.29) is 25.4 Å². The number of aliphatic hydroxyl groups is 1. The van der Waals surface area contributed by atoms with Crippen LogP contribution >= 0.6 is 34.3 Å². The van der Waals surface area contributed by atoms with E-state index >= 15 is 0 Å². The van der Waals surface area contributed by atoms with E-state index in [1.54, 1.807) is 34.8 Å². The summed E-state index contributed by atoms with van der Waals surface area (Å²) in [4.78, 5) is 67.1. The smallest absolute Gasteiger partial charge is 0.308 e. The molecule has 1 saturated heterocycles. The molecular formula is C51H55ClN8O7S2. The zero-order valence-electron chi connectivity index (χ0n) is 39.9. The molecule has 3 aromatic heterocycles. The Labute approximate surface area is 414 Å². The predicted octanol–water partition coefficient (Wildman–Crippen LogP) is 8.21. The number of fused-ring (bicyclic) bond motifs is 3. The minimum atomic E-state index is -1.03. The molecule has 3 aromatic carbocycles. The predicted molar refractivity (Wildman–Crippen MR) is 267 cm³/mol. The fourth-order valence-electron chi connectivity index (χ4n) is 8.76. The van der Waals surface area contributed by atoms with Gasteiger partial charge in [0.05, 0.1) is 52.5 Å². The number of aliphatic imine (C=N–C) groups is 1. The van der Waals surface area contributed by atoms with Gasteiger partial charge in [-0.25, -0.2) is 4.98 Å². The Morgan fingerprint density at radius 3 is 2.29 bits per heavy atom. The third kappa shape index (κ3) is 10.2. The molecule has 0 spiro atoms. The van der Waals surface area contributed by atoms with Crippen LogP contribution in [0.15, 0.2) is 77.2 Å². The van der Waals surface area contributed by atoms with Gasteiger partial charge in [-0.3, -0.25) is 28.7 Å². The summed E-state index contributed by atoms with van der Waals surface area (Å²) >= 11 is 10.1. The quantitative estimate of drug-likeness (QED) is 0.0951. The maximum atomic E-state index is 14.2. The zero-order chi connectivity index (χ0) is 49.5. The number of aliphatic hydroxyl groups excluding tert-OH is 1. The first-order valence-electron chi connectivity index (χ1n) is 22.6. The van der Waals surface area contributed by atoms with Gasteiger partial charge in [-0.2, -0.15) is 0 Å². The van der Waals surface area contributed by atoms with Crippen molar-refractivity contribution in [2.75, 3.05) is 20.3 Å². The number of thiazole rings is 1. The number of amides is 3. The van der Waals surface area contributed by atoms with Crippen molar-refractivity contribution in [3.05, 3.63) is 122 Å². The van der Waals surface area contributed by atoms with Crippen LogP contribution in [0, 0.1) is 33.1 Å². The first-order chi connectivity index (χ1) is 32.8. The summed E-state index contributed by atoms with van der Waals surface area (Å²) in [7, 11) is 1.35. The van der Waals surface area contributed by atoms with Gasteiger partial charge in [0.1, 0.15) is 34.7 Å². The average molecular weight is 992 g/mol. The van der Waals surface area contributed by atoms with E-state index in [9.17, 15) is 24.3 Å². The van der Waals surface area contributed by atoms with Crippen LogP contribution in [0.1, 0.15) is 97.1 Å². The summed E-state index contributed by atoms with van der Waals surface area (Å²) in [5, 5.41) is 26.7. The highest BCUT2D eigenvalue weighted by molar-refractivity contribution is 7.15. The lowest BCUT2D eigenvalue weighted by Gasteiger charge is -2.35. The maximum absolute atomic E-state index is 14.2. The van der Waals surface area contributed by atoms with Gasteiger partial charge in [-0.1, -0.05) is 80.9 Å². The van der Waals surface area contributed by atoms with Crippen molar-refractivity contribution in [1.29, 1.82) is 0 Å². The van der Waals surface area contributed by atoms with Crippen molar-refractivity contribution in [2.24, 2.45) is 10.4 Å². The third-order valence-electron chi connectivity index (χ3n) is 12.7. The average Bonchev–Trinajstić information content (AvgIpc) is 4.09. The molecule has 0 saturated carbocycles. The molecule has 5 atom stereocenters. The lowest BCUT2D eigenvalue weighted by Crippen LogP contribution is -2.58. The number of rotatable bonds is 13. The second kappa shape index (κ2) is 20.0. The molecule has 18 heteroatoms. The number of benzene rings is 3. The number of likely N-dealkylation sites (tertiary alicyclic amines) is 1. The van der Waals surface area contributed by atoms with Crippen LogP contribution < -0.4 is 15.4 Å². The number of ether oxygens (including phenoxy) is 2. The third-order valence-corrected chi connectivity index (χ3v) is 15.1. The molecule has 0 radical (unpaired) electrons. The van der Waals surface area contributed by atoms with Gasteiger partial charge >= 0.3 is 5.97 Å². The molecule has 6 aromatic rings. The van der Waals surface area contributed by atoms with Crippen molar-refractivity contribution >= 4 is 63.7 Å². The molecule has 69 heavy (non-hydrogen) atoms. The summed E-state index contributed by atoms with van der Waals surface area (Å²) in [5.74, 6) is -0.201. The van der Waals surface area contributed by atoms with Crippen LogP contribution in [0.4, 0.5) is 0 Å². The summed E-state index contributed by atoms with van der Waals surface area (Å²) in [6.45, 7) is 14.9. The number of halogens is 1. The second-order valence-corrected chi connectivity index (χ2v) is 21.0. The first kappa shape index (κ1) is 49.2. The van der Waals surface area contributed by atoms with Crippen LogP contribution in [0.25, 0.3) is 26.6 Å². The largest absolute Gasteiger partial charge is 0.484 e. The van der Waals surface area contributed by atoms with Crippen LogP contribution in [0.3, 0.4) is 0 Å². The summed E-state index contributed by atoms with van der Waals surface area (Å²) in [6.07, 6.45) is -0.842. The fourth-order valence-corrected chi connectivity index (χ4v) is 11.1. The fraction of sp³-hybridized carbons (Fsp3) is 0.373. The highest BCUT2D eigenvalue weighted by Gasteiger charge is 2.45. The number of esters is 1. The van der Waals surface area contributed by atoms with E-state index in [0.29, 0.717) is 22.4 Å². The Kier molecular flexibility index (Phi) is 14.2. The van der Waals surface area contributed by atoms with Crippen LogP contribution in [-0.4, -0.2) is 97.6 Å². The monoisotopic (exact) mass is 990 g/mol. The number of carbonyl (C=O) groups is 4. The number of aromatic nitrogens is 4. The van der Waals surface area contributed by atoms with Crippen molar-refractivity contribution in [1.82, 2.24) is 35.3 Å². The number of hydrogen-bond acceptors (Lipinski definition) is 13. The molecule has 0 unspecified atom stereocenters. The molecule has 2 aliphatic rings. The Hall–Kier alpha value is -6.27. The van der Waals surface area contributed by atoms with E-state index in [0.717, 1.165) is 65.1 Å². The number of hydrogen-bond donors (Lipinski definition) is 3. The molecule has 0 bridgehead atoms. The van der Waals surface area contributed by atoms with Gasteiger partial charge < -0.3 is 30.1 Å². The standard InChI is InChI=1S/C51H55ClN8O7S2/c1-26-29(4)69-50-43(26)44(55-39(22-42(63)66-9)47-58-57-30(5)60(47)50)33-14-12-32(13-15-33)37-19-18-36(21-38(37)52)67-24-41(62)56-46(51(6,7)8)49(65)59-23-35(61)20-40(59)48(64)54-27(2)31-10-16-34(17-11-31)45-28(3)53-25-68-45/h10-19,21,25,27,35,39-40,46,61H,20,22-24H2,1-9H3,(H,54,64)(H,56,62)/t27-,35+,39-,40-,46+/m0/s1. The number of nitrogens with zero attached hydrogens (tertiary/aromatic N) is 6. The van der Waals surface area contributed by atoms with Crippen LogP contribution in [0.5, 0.6) is 5.75 Å². The Balaban J connectivity index is 0.920. The van der Waals surface area contributed by atoms with Crippen LogP contribution in [0.2, 0.25) is 5.02 Å². The summed E-state index contributed by atoms with van der Waals surface area (Å²) < 4.78 is 12.9. The second-order valence-electron chi connectivity index (χ2n) is 18.6. The molecule has 8 rings (SSSR count). The van der Waals surface area contributed by atoms with Gasteiger partial charge in [-0.15, -0.1) is 32.9 Å². The number of carbonyl (C=O) groups excluding carboxylic acids is 4. The molecule has 0 aliphatic carbocycles. The van der Waals surface area contributed by atoms with E-state index < -0.39 is 59.9 Å². The van der Waals surface area contributed by atoms with Gasteiger partial charge in [-0.05, 0) is 80.5 Å². The number of β-amino-alcohol motifs (C(OH)–C–C–N with tert-alkyl or cyclic N) is 1. The minimum Gasteiger partial charge on any atom is -0.484 e. The molecule has 15 nitrogen and oxygen atoms in total. The Bertz CT molecular complexity index is 2960. The minimum absolute atomic E-state index is 0.000484. The molecule has 3 amide bonds. The van der Waals surface area contributed by atoms with Gasteiger partial charge in [0, 0.05) is 34.5 Å². The van der Waals surface area contributed by atoms with E-state index in [4.69, 9.17) is 26.1 Å². The van der Waals surface area contributed by atoms with E-state index in [1.807, 2.05) is 106 Å². The lowest BCUT2D eigenvalue weighted by molar-refractivity contribution is -0.144. The molecule has 1 fully saturated rings. The van der Waals surface area contributed by atoms with Gasteiger partial charge in [0.15, 0.2) is 12.4 Å². The van der Waals surface area contributed by atoms with Crippen LogP contribution in [-0.2, 0) is 23.9 Å². The zero-order valence-corrected chi connectivity index (χ0v) is 42.3. The summed E-state index contributed by atoms with van der Waals surface area (Å²) in [6, 6.07) is 18.0. The highest BCUT2D eigenvalue weighted by Crippen LogP contribution is 2.40. The number of nitrogens with one attached hydrogen (secondary N) is 2. The Morgan fingerprint density at radius 2 is 1.64 bits per heavy atom. The maximum Gasteiger partial charge on any atom is 0.308 e. The molecule has 5 heterocycles. The number of aryl methyl sites for hydroxylation is 3. The number of thiophene rings is 1. The van der Waals surface area contributed by atoms with Crippen molar-refractivity contribution in [2.45, 2.75) is 98.5 Å². The highest BCUT2D eigenvalue weighted by atomic mass is 35.5. The molecular weight excluding hydrogens is 936 g/mol. The molecule has 3 N–H and O–H groups in total. The molecule has 2 aliphatic heterocycles.